The molecule has 0 aliphatic carbocycles. The molecule has 0 radical (unpaired) electrons. The van der Waals surface area contributed by atoms with E-state index >= 15 is 0 Å². The van der Waals surface area contributed by atoms with Gasteiger partial charge in [-0.25, -0.2) is 4.39 Å². The van der Waals surface area contributed by atoms with Gasteiger partial charge in [0.15, 0.2) is 23.1 Å². The molecule has 0 amide bonds. The Morgan fingerprint density at radius 1 is 0.822 bits per heavy atom. The van der Waals surface area contributed by atoms with Crippen LogP contribution in [0.25, 0.3) is 0 Å². The molecule has 3 aromatic heterocycles. The molecular formula is C34H36ClFN4O5. The second kappa shape index (κ2) is 14.3. The number of H-pyrrole nitrogens is 1. The van der Waals surface area contributed by atoms with Crippen molar-refractivity contribution in [3.05, 3.63) is 105 Å². The van der Waals surface area contributed by atoms with E-state index in [0.29, 0.717) is 34.6 Å². The van der Waals surface area contributed by atoms with E-state index in [2.05, 4.69) is 9.88 Å². The highest BCUT2D eigenvalue weighted by atomic mass is 35.5. The third-order valence-electron chi connectivity index (χ3n) is 8.05. The molecule has 0 saturated carbocycles. The zero-order valence-electron chi connectivity index (χ0n) is 25.4. The second-order valence-corrected chi connectivity index (χ2v) is 12.0. The molecule has 0 atom stereocenters. The summed E-state index contributed by atoms with van der Waals surface area (Å²) in [4.78, 5) is 56.9. The Morgan fingerprint density at radius 2 is 1.44 bits per heavy atom. The number of nitrogens with zero attached hydrogens (tertiary/aromatic N) is 3. The molecule has 236 valence electrons. The van der Waals surface area contributed by atoms with Crippen molar-refractivity contribution in [2.24, 2.45) is 14.1 Å². The van der Waals surface area contributed by atoms with Crippen LogP contribution in [-0.2, 0) is 38.1 Å². The molecule has 1 fully saturated rings. The van der Waals surface area contributed by atoms with E-state index in [1.165, 1.54) is 12.1 Å². The molecule has 1 aliphatic rings. The normalized spacial score (nSPS) is 13.7. The monoisotopic (exact) mass is 634 g/mol. The highest BCUT2D eigenvalue weighted by Crippen LogP contribution is 2.19. The van der Waals surface area contributed by atoms with Crippen molar-refractivity contribution in [3.63, 3.8) is 0 Å². The molecule has 1 aliphatic heterocycles. The van der Waals surface area contributed by atoms with Gasteiger partial charge in [0.05, 0.1) is 35.9 Å². The highest BCUT2D eigenvalue weighted by Gasteiger charge is 2.20. The van der Waals surface area contributed by atoms with E-state index in [4.69, 9.17) is 16.3 Å². The first-order valence-electron chi connectivity index (χ1n) is 14.9. The number of aryl methyl sites for hydroxylation is 2. The van der Waals surface area contributed by atoms with Gasteiger partial charge in [0, 0.05) is 76.5 Å². The number of hydrogen-bond donors (Lipinski definition) is 1. The van der Waals surface area contributed by atoms with Crippen LogP contribution in [0.15, 0.2) is 55.0 Å². The predicted molar refractivity (Wildman–Crippen MR) is 168 cm³/mol. The van der Waals surface area contributed by atoms with E-state index in [0.717, 1.165) is 50.9 Å². The number of aromatic amines is 1. The highest BCUT2D eigenvalue weighted by molar-refractivity contribution is 6.30. The first-order chi connectivity index (χ1) is 21.6. The fraction of sp³-hybridized carbons (Fsp3) is 0.353. The standard InChI is InChI=1S/C34H36ClFN4O5/c1-38-21-24(13-29(38)31(41)4-3-7-40-8-10-45-11-9-40)17-34(44)30-14-23(20-39(30)2)16-33(43)28-12-22(19-37-28)15-32(42)26-6-5-25(35)18-27(26)36/h5-6,12-14,18-21,37H,3-4,7-11,15-17H2,1-2H3. The Morgan fingerprint density at radius 3 is 2.11 bits per heavy atom. The predicted octanol–water partition coefficient (Wildman–Crippen LogP) is 5.06. The van der Waals surface area contributed by atoms with Crippen LogP contribution in [0, 0.1) is 5.82 Å². The molecule has 0 unspecified atom stereocenters. The average molecular weight is 635 g/mol. The Labute approximate surface area is 265 Å². The topological polar surface area (TPSA) is 106 Å². The van der Waals surface area contributed by atoms with Crippen LogP contribution >= 0.6 is 11.6 Å². The summed E-state index contributed by atoms with van der Waals surface area (Å²) >= 11 is 5.77. The average Bonchev–Trinajstić information content (AvgIpc) is 3.71. The molecule has 5 rings (SSSR count). The quantitative estimate of drug-likeness (QED) is 0.195. The number of morpholine rings is 1. The first kappa shape index (κ1) is 32.3. The number of ether oxygens (including phenoxy) is 1. The van der Waals surface area contributed by atoms with Gasteiger partial charge in [0.2, 0.25) is 0 Å². The lowest BCUT2D eigenvalue weighted by Crippen LogP contribution is -2.36. The van der Waals surface area contributed by atoms with Crippen LogP contribution in [-0.4, -0.2) is 75.0 Å². The van der Waals surface area contributed by atoms with E-state index in [1.807, 2.05) is 13.2 Å². The summed E-state index contributed by atoms with van der Waals surface area (Å²) in [5.74, 6) is -1.39. The molecule has 0 bridgehead atoms. The molecule has 11 heteroatoms. The van der Waals surface area contributed by atoms with Gasteiger partial charge in [-0.3, -0.25) is 24.1 Å². The number of nitrogens with one attached hydrogen (secondary N) is 1. The van der Waals surface area contributed by atoms with Gasteiger partial charge in [0.1, 0.15) is 5.82 Å². The van der Waals surface area contributed by atoms with Gasteiger partial charge in [-0.1, -0.05) is 11.6 Å². The lowest BCUT2D eigenvalue weighted by molar-refractivity contribution is 0.0371. The van der Waals surface area contributed by atoms with Crippen molar-refractivity contribution < 1.29 is 28.3 Å². The fourth-order valence-corrected chi connectivity index (χ4v) is 5.84. The van der Waals surface area contributed by atoms with Gasteiger partial charge in [-0.15, -0.1) is 0 Å². The Balaban J connectivity index is 1.15. The molecular weight excluding hydrogens is 599 g/mol. The van der Waals surface area contributed by atoms with Gasteiger partial charge in [-0.05, 0) is 66.1 Å². The number of benzene rings is 1. The van der Waals surface area contributed by atoms with Crippen LogP contribution < -0.4 is 0 Å². The number of carbonyl (C=O) groups excluding carboxylic acids is 4. The SMILES string of the molecule is Cn1cc(CC(=O)c2cc(CC(=O)c3cc(CC(=O)c4ccc(Cl)cc4F)c[nH]3)cn2C)cc1C(=O)CCCN1CCOCC1. The lowest BCUT2D eigenvalue weighted by Gasteiger charge is -2.26. The molecule has 45 heavy (non-hydrogen) atoms. The minimum atomic E-state index is -0.690. The third-order valence-corrected chi connectivity index (χ3v) is 8.28. The number of rotatable bonds is 14. The molecule has 1 N–H and O–H groups in total. The first-order valence-corrected chi connectivity index (χ1v) is 15.3. The zero-order valence-corrected chi connectivity index (χ0v) is 26.2. The minimum absolute atomic E-state index is 0.0509. The number of halogens is 2. The van der Waals surface area contributed by atoms with E-state index in [1.54, 1.807) is 46.8 Å². The number of ketones is 4. The smallest absolute Gasteiger partial charge is 0.183 e. The maximum absolute atomic E-state index is 14.1. The van der Waals surface area contributed by atoms with Crippen molar-refractivity contribution >= 4 is 34.7 Å². The van der Waals surface area contributed by atoms with Crippen LogP contribution in [0.4, 0.5) is 4.39 Å². The second-order valence-electron chi connectivity index (χ2n) is 11.5. The number of aromatic nitrogens is 3. The third kappa shape index (κ3) is 8.13. The van der Waals surface area contributed by atoms with Crippen LogP contribution in [0.2, 0.25) is 5.02 Å². The van der Waals surface area contributed by atoms with E-state index in [9.17, 15) is 23.6 Å². The molecule has 1 saturated heterocycles. The van der Waals surface area contributed by atoms with Gasteiger partial charge in [-0.2, -0.15) is 0 Å². The maximum atomic E-state index is 14.1. The van der Waals surface area contributed by atoms with E-state index in [-0.39, 0.29) is 47.2 Å². The summed E-state index contributed by atoms with van der Waals surface area (Å²) in [6.07, 6.45) is 6.43. The molecule has 4 aromatic rings. The van der Waals surface area contributed by atoms with E-state index < -0.39 is 11.6 Å². The Kier molecular flexibility index (Phi) is 10.3. The molecule has 9 nitrogen and oxygen atoms in total. The van der Waals surface area contributed by atoms with Crippen molar-refractivity contribution in [1.82, 2.24) is 19.0 Å². The lowest BCUT2D eigenvalue weighted by atomic mass is 10.0. The summed E-state index contributed by atoms with van der Waals surface area (Å²) in [6, 6.07) is 8.97. The molecule has 1 aromatic carbocycles. The van der Waals surface area contributed by atoms with Gasteiger partial charge < -0.3 is 18.9 Å². The summed E-state index contributed by atoms with van der Waals surface area (Å²) in [7, 11) is 3.57. The minimum Gasteiger partial charge on any atom is -0.379 e. The number of hydrogen-bond acceptors (Lipinski definition) is 6. The number of Topliss-reactive ketones (excluding diaryl/α,β-unsaturated/α-hetero) is 4. The fourth-order valence-electron chi connectivity index (χ4n) is 5.68. The van der Waals surface area contributed by atoms with Gasteiger partial charge >= 0.3 is 0 Å². The van der Waals surface area contributed by atoms with Crippen molar-refractivity contribution in [1.29, 1.82) is 0 Å². The zero-order chi connectivity index (χ0) is 32.1. The summed E-state index contributed by atoms with van der Waals surface area (Å²) in [6.45, 7) is 4.11. The van der Waals surface area contributed by atoms with Crippen LogP contribution in [0.5, 0.6) is 0 Å². The van der Waals surface area contributed by atoms with Gasteiger partial charge in [0.25, 0.3) is 0 Å². The van der Waals surface area contributed by atoms with Crippen LogP contribution in [0.3, 0.4) is 0 Å². The largest absolute Gasteiger partial charge is 0.379 e. The number of carbonyl (C=O) groups is 4. The Hall–Kier alpha value is -4.12. The van der Waals surface area contributed by atoms with Crippen LogP contribution in [0.1, 0.15) is 71.4 Å². The molecule has 4 heterocycles. The molecule has 0 spiro atoms. The summed E-state index contributed by atoms with van der Waals surface area (Å²) in [5, 5.41) is 0.205. The van der Waals surface area contributed by atoms with Crippen molar-refractivity contribution in [3.8, 4) is 0 Å². The van der Waals surface area contributed by atoms with Crippen molar-refractivity contribution in [2.45, 2.75) is 32.1 Å². The summed E-state index contributed by atoms with van der Waals surface area (Å²) < 4.78 is 23.0. The summed E-state index contributed by atoms with van der Waals surface area (Å²) in [5.41, 5.74) is 3.28. The Bertz CT molecular complexity index is 1730. The maximum Gasteiger partial charge on any atom is 0.183 e. The van der Waals surface area contributed by atoms with Crippen molar-refractivity contribution in [2.75, 3.05) is 32.8 Å².